The van der Waals surface area contributed by atoms with Crippen LogP contribution in [0.3, 0.4) is 0 Å². The van der Waals surface area contributed by atoms with Gasteiger partial charge in [-0.3, -0.25) is 9.59 Å². The second-order valence-corrected chi connectivity index (χ2v) is 4.61. The van der Waals surface area contributed by atoms with Gasteiger partial charge in [0.1, 0.15) is 0 Å². The molecule has 2 N–H and O–H groups in total. The number of nitrogens with one attached hydrogen (secondary N) is 2. The lowest BCUT2D eigenvalue weighted by Crippen LogP contribution is -2.25. The van der Waals surface area contributed by atoms with Crippen molar-refractivity contribution < 1.29 is 9.59 Å². The van der Waals surface area contributed by atoms with Gasteiger partial charge >= 0.3 is 0 Å². The number of benzene rings is 2. The first-order chi connectivity index (χ1) is 10.2. The van der Waals surface area contributed by atoms with Crippen molar-refractivity contribution in [3.63, 3.8) is 0 Å². The van der Waals surface area contributed by atoms with E-state index in [-0.39, 0.29) is 11.8 Å². The lowest BCUT2D eigenvalue weighted by Gasteiger charge is -2.07. The predicted octanol–water partition coefficient (Wildman–Crippen LogP) is 2.37. The molecular formula is C17H18N2O2. The molecule has 4 nitrogen and oxygen atoms in total. The Balaban J connectivity index is 2.02. The van der Waals surface area contributed by atoms with Crippen LogP contribution >= 0.6 is 0 Å². The van der Waals surface area contributed by atoms with E-state index in [2.05, 4.69) is 10.6 Å². The molecule has 2 amide bonds. The highest BCUT2D eigenvalue weighted by Crippen LogP contribution is 2.06. The van der Waals surface area contributed by atoms with E-state index >= 15 is 0 Å². The molecule has 0 saturated heterocycles. The van der Waals surface area contributed by atoms with Gasteiger partial charge in [-0.1, -0.05) is 36.4 Å². The van der Waals surface area contributed by atoms with Crippen LogP contribution in [-0.4, -0.2) is 18.4 Å². The van der Waals surface area contributed by atoms with Gasteiger partial charge < -0.3 is 10.6 Å². The van der Waals surface area contributed by atoms with Gasteiger partial charge in [-0.15, -0.1) is 0 Å². The first-order valence-corrected chi connectivity index (χ1v) is 6.91. The highest BCUT2D eigenvalue weighted by atomic mass is 16.2. The van der Waals surface area contributed by atoms with Crippen LogP contribution in [0.2, 0.25) is 0 Å². The minimum absolute atomic E-state index is 0.171. The molecule has 2 rings (SSSR count). The van der Waals surface area contributed by atoms with Crippen LogP contribution in [0.5, 0.6) is 0 Å². The van der Waals surface area contributed by atoms with Gasteiger partial charge in [-0.05, 0) is 30.7 Å². The van der Waals surface area contributed by atoms with Gasteiger partial charge in [-0.25, -0.2) is 0 Å². The molecule has 0 spiro atoms. The lowest BCUT2D eigenvalue weighted by atomic mass is 10.1. The van der Waals surface area contributed by atoms with E-state index in [1.54, 1.807) is 24.3 Å². The summed E-state index contributed by atoms with van der Waals surface area (Å²) in [5.41, 5.74) is 2.00. The molecule has 0 atom stereocenters. The Morgan fingerprint density at radius 2 is 1.48 bits per heavy atom. The van der Waals surface area contributed by atoms with Crippen LogP contribution in [0, 0.1) is 0 Å². The highest BCUT2D eigenvalue weighted by molar-refractivity contribution is 5.99. The highest BCUT2D eigenvalue weighted by Gasteiger charge is 2.09. The Kier molecular flexibility index (Phi) is 5.10. The van der Waals surface area contributed by atoms with E-state index in [1.165, 1.54) is 0 Å². The molecule has 4 heteroatoms. The number of amides is 2. The zero-order valence-corrected chi connectivity index (χ0v) is 11.9. The maximum absolute atomic E-state index is 12.1. The normalized spacial score (nSPS) is 9.95. The average molecular weight is 282 g/mol. The first kappa shape index (κ1) is 14.8. The van der Waals surface area contributed by atoms with E-state index < -0.39 is 0 Å². The maximum Gasteiger partial charge on any atom is 0.251 e. The van der Waals surface area contributed by atoms with Gasteiger partial charge in [0.2, 0.25) is 0 Å². The third-order valence-corrected chi connectivity index (χ3v) is 3.02. The zero-order valence-electron chi connectivity index (χ0n) is 11.9. The molecule has 0 aromatic heterocycles. The molecule has 2 aromatic carbocycles. The van der Waals surface area contributed by atoms with Crippen molar-refractivity contribution in [1.82, 2.24) is 10.6 Å². The Hall–Kier alpha value is -2.62. The Labute approximate surface area is 124 Å². The van der Waals surface area contributed by atoms with E-state index in [9.17, 15) is 9.59 Å². The minimum Gasteiger partial charge on any atom is -0.352 e. The molecule has 0 radical (unpaired) electrons. The van der Waals surface area contributed by atoms with Crippen LogP contribution < -0.4 is 10.6 Å². The summed E-state index contributed by atoms with van der Waals surface area (Å²) in [6.07, 6.45) is 0. The molecule has 0 fully saturated rings. The molecular weight excluding hydrogens is 264 g/mol. The van der Waals surface area contributed by atoms with Gasteiger partial charge in [0, 0.05) is 24.2 Å². The molecule has 0 saturated carbocycles. The van der Waals surface area contributed by atoms with E-state index in [4.69, 9.17) is 0 Å². The van der Waals surface area contributed by atoms with Crippen molar-refractivity contribution in [3.8, 4) is 0 Å². The maximum atomic E-state index is 12.1. The monoisotopic (exact) mass is 282 g/mol. The quantitative estimate of drug-likeness (QED) is 0.884. The van der Waals surface area contributed by atoms with Crippen molar-refractivity contribution in [3.05, 3.63) is 71.3 Å². The fourth-order valence-electron chi connectivity index (χ4n) is 1.94. The van der Waals surface area contributed by atoms with Crippen LogP contribution in [0.1, 0.15) is 33.2 Å². The summed E-state index contributed by atoms with van der Waals surface area (Å²) >= 11 is 0. The second kappa shape index (κ2) is 7.24. The Morgan fingerprint density at radius 3 is 2.10 bits per heavy atom. The largest absolute Gasteiger partial charge is 0.352 e. The molecule has 2 aromatic rings. The standard InChI is InChI=1S/C17H18N2O2/c1-2-18-16(20)14-9-6-10-15(11-14)17(21)19-12-13-7-4-3-5-8-13/h3-11H,2,12H2,1H3,(H,18,20)(H,19,21). The van der Waals surface area contributed by atoms with E-state index in [1.807, 2.05) is 37.3 Å². The number of hydrogen-bond acceptors (Lipinski definition) is 2. The smallest absolute Gasteiger partial charge is 0.251 e. The lowest BCUT2D eigenvalue weighted by molar-refractivity contribution is 0.0951. The van der Waals surface area contributed by atoms with Crippen molar-refractivity contribution >= 4 is 11.8 Å². The van der Waals surface area contributed by atoms with Gasteiger partial charge in [0.05, 0.1) is 0 Å². The summed E-state index contributed by atoms with van der Waals surface area (Å²) in [7, 11) is 0. The van der Waals surface area contributed by atoms with Crippen LogP contribution in [0.25, 0.3) is 0 Å². The molecule has 0 aliphatic heterocycles. The van der Waals surface area contributed by atoms with Crippen LogP contribution in [0.15, 0.2) is 54.6 Å². The van der Waals surface area contributed by atoms with Crippen molar-refractivity contribution in [2.75, 3.05) is 6.54 Å². The fraction of sp³-hybridized carbons (Fsp3) is 0.176. The number of carbonyl (C=O) groups excluding carboxylic acids is 2. The Bertz CT molecular complexity index is 624. The summed E-state index contributed by atoms with van der Waals surface area (Å²) in [5.74, 6) is -0.361. The summed E-state index contributed by atoms with van der Waals surface area (Å²) in [6, 6.07) is 16.4. The van der Waals surface area contributed by atoms with Crippen molar-refractivity contribution in [1.29, 1.82) is 0 Å². The number of carbonyl (C=O) groups is 2. The molecule has 0 bridgehead atoms. The van der Waals surface area contributed by atoms with Crippen molar-refractivity contribution in [2.24, 2.45) is 0 Å². The van der Waals surface area contributed by atoms with Crippen LogP contribution in [-0.2, 0) is 6.54 Å². The third kappa shape index (κ3) is 4.18. The summed E-state index contributed by atoms with van der Waals surface area (Å²) in [4.78, 5) is 23.9. The second-order valence-electron chi connectivity index (χ2n) is 4.61. The SMILES string of the molecule is CCNC(=O)c1cccc(C(=O)NCc2ccccc2)c1. The average Bonchev–Trinajstić information content (AvgIpc) is 2.54. The van der Waals surface area contributed by atoms with E-state index in [0.717, 1.165) is 5.56 Å². The summed E-state index contributed by atoms with van der Waals surface area (Å²) < 4.78 is 0. The molecule has 0 aliphatic carbocycles. The first-order valence-electron chi connectivity index (χ1n) is 6.91. The molecule has 108 valence electrons. The molecule has 0 heterocycles. The van der Waals surface area contributed by atoms with Gasteiger partial charge in [-0.2, -0.15) is 0 Å². The topological polar surface area (TPSA) is 58.2 Å². The Morgan fingerprint density at radius 1 is 0.857 bits per heavy atom. The predicted molar refractivity (Wildman–Crippen MR) is 82.1 cm³/mol. The van der Waals surface area contributed by atoms with Gasteiger partial charge in [0.15, 0.2) is 0 Å². The van der Waals surface area contributed by atoms with Gasteiger partial charge in [0.25, 0.3) is 11.8 Å². The molecule has 21 heavy (non-hydrogen) atoms. The fourth-order valence-corrected chi connectivity index (χ4v) is 1.94. The summed E-state index contributed by atoms with van der Waals surface area (Å²) in [6.45, 7) is 2.88. The number of hydrogen-bond donors (Lipinski definition) is 2. The molecule has 0 unspecified atom stereocenters. The third-order valence-electron chi connectivity index (χ3n) is 3.02. The van der Waals surface area contributed by atoms with Crippen molar-refractivity contribution in [2.45, 2.75) is 13.5 Å². The molecule has 0 aliphatic rings. The number of rotatable bonds is 5. The van der Waals surface area contributed by atoms with Crippen LogP contribution in [0.4, 0.5) is 0 Å². The summed E-state index contributed by atoms with van der Waals surface area (Å²) in [5, 5.41) is 5.56. The van der Waals surface area contributed by atoms with E-state index in [0.29, 0.717) is 24.2 Å². The zero-order chi connectivity index (χ0) is 15.1. The minimum atomic E-state index is -0.190.